The number of aromatic nitrogens is 2. The second-order valence-corrected chi connectivity index (χ2v) is 8.41. The number of amides is 1. The largest absolute Gasteiger partial charge is 0.507 e. The average molecular weight is 474 g/mol. The van der Waals surface area contributed by atoms with Gasteiger partial charge in [-0.2, -0.15) is 0 Å². The van der Waals surface area contributed by atoms with Crippen LogP contribution in [0.25, 0.3) is 5.76 Å². The van der Waals surface area contributed by atoms with E-state index in [0.717, 1.165) is 4.47 Å². The molecule has 1 saturated heterocycles. The Bertz CT molecular complexity index is 1140. The van der Waals surface area contributed by atoms with Gasteiger partial charge in [-0.05, 0) is 48.9 Å². The number of hydrogen-bond donors (Lipinski definition) is 1. The number of Topliss-reactive ketones (excluding diaryl/α,β-unsaturated/α-hetero) is 1. The van der Waals surface area contributed by atoms with Gasteiger partial charge in [0.25, 0.3) is 5.78 Å². The molecular weight excluding hydrogens is 461 g/mol. The van der Waals surface area contributed by atoms with Crippen molar-refractivity contribution in [3.63, 3.8) is 0 Å². The number of aliphatic hydroxyl groups is 1. The third-order valence-corrected chi connectivity index (χ3v) is 5.84. The SMILES string of the molecule is Cc1nnc(N2C(=O)C(=O)C(=C(O)c3ccc(F)cc3)C2c2ccc(Br)cc2)s1. The maximum Gasteiger partial charge on any atom is 0.301 e. The minimum Gasteiger partial charge on any atom is -0.507 e. The number of anilines is 1. The summed E-state index contributed by atoms with van der Waals surface area (Å²) in [6.45, 7) is 1.74. The average Bonchev–Trinajstić information content (AvgIpc) is 3.24. The highest BCUT2D eigenvalue weighted by atomic mass is 79.9. The Morgan fingerprint density at radius 1 is 1.10 bits per heavy atom. The van der Waals surface area contributed by atoms with Gasteiger partial charge in [0.15, 0.2) is 0 Å². The van der Waals surface area contributed by atoms with Crippen LogP contribution in [-0.2, 0) is 9.59 Å². The summed E-state index contributed by atoms with van der Waals surface area (Å²) in [5.74, 6) is -2.50. The third-order valence-electron chi connectivity index (χ3n) is 4.47. The van der Waals surface area contributed by atoms with Crippen LogP contribution in [-0.4, -0.2) is 27.0 Å². The predicted molar refractivity (Wildman–Crippen MR) is 110 cm³/mol. The van der Waals surface area contributed by atoms with Crippen LogP contribution < -0.4 is 4.90 Å². The fourth-order valence-electron chi connectivity index (χ4n) is 3.14. The number of carbonyl (C=O) groups is 2. The zero-order valence-corrected chi connectivity index (χ0v) is 17.4. The molecule has 0 saturated carbocycles. The molecule has 29 heavy (non-hydrogen) atoms. The van der Waals surface area contributed by atoms with Crippen LogP contribution in [0.4, 0.5) is 9.52 Å². The van der Waals surface area contributed by atoms with Crippen molar-refractivity contribution in [3.05, 3.63) is 80.5 Å². The van der Waals surface area contributed by atoms with Gasteiger partial charge in [0.05, 0.1) is 11.6 Å². The molecule has 1 aliphatic rings. The van der Waals surface area contributed by atoms with Crippen LogP contribution in [0.3, 0.4) is 0 Å². The molecule has 4 rings (SSSR count). The lowest BCUT2D eigenvalue weighted by Gasteiger charge is -2.22. The van der Waals surface area contributed by atoms with Crippen molar-refractivity contribution in [3.8, 4) is 0 Å². The first-order chi connectivity index (χ1) is 13.9. The highest BCUT2D eigenvalue weighted by Crippen LogP contribution is 2.43. The third kappa shape index (κ3) is 3.47. The lowest BCUT2D eigenvalue weighted by Crippen LogP contribution is -2.29. The highest BCUT2D eigenvalue weighted by molar-refractivity contribution is 9.10. The van der Waals surface area contributed by atoms with E-state index in [1.165, 1.54) is 40.5 Å². The smallest absolute Gasteiger partial charge is 0.301 e. The second-order valence-electron chi connectivity index (χ2n) is 6.33. The van der Waals surface area contributed by atoms with Gasteiger partial charge in [-0.1, -0.05) is 39.4 Å². The minimum atomic E-state index is -0.888. The maximum atomic E-state index is 13.3. The van der Waals surface area contributed by atoms with Crippen LogP contribution in [0.2, 0.25) is 0 Å². The molecule has 1 amide bonds. The Morgan fingerprint density at radius 3 is 2.34 bits per heavy atom. The molecule has 1 atom stereocenters. The van der Waals surface area contributed by atoms with Crippen molar-refractivity contribution in [2.75, 3.05) is 4.90 Å². The van der Waals surface area contributed by atoms with Crippen molar-refractivity contribution >= 4 is 49.8 Å². The van der Waals surface area contributed by atoms with Crippen molar-refractivity contribution in [1.82, 2.24) is 10.2 Å². The van der Waals surface area contributed by atoms with Crippen LogP contribution >= 0.6 is 27.3 Å². The summed E-state index contributed by atoms with van der Waals surface area (Å²) < 4.78 is 14.1. The van der Waals surface area contributed by atoms with Gasteiger partial charge in [0.1, 0.15) is 16.6 Å². The standard InChI is InChI=1S/C20H13BrFN3O3S/c1-10-23-24-20(29-10)25-16(11-2-6-13(21)7-3-11)15(18(27)19(25)28)17(26)12-4-8-14(22)9-5-12/h2-9,16,26H,1H3. The van der Waals surface area contributed by atoms with E-state index in [1.54, 1.807) is 31.2 Å². The Labute approximate surface area is 177 Å². The van der Waals surface area contributed by atoms with E-state index in [-0.39, 0.29) is 22.0 Å². The van der Waals surface area contributed by atoms with E-state index in [9.17, 15) is 19.1 Å². The first kappa shape index (κ1) is 19.4. The fraction of sp³-hybridized carbons (Fsp3) is 0.100. The number of rotatable bonds is 3. The van der Waals surface area contributed by atoms with E-state index < -0.39 is 23.5 Å². The molecule has 6 nitrogen and oxygen atoms in total. The number of halogens is 2. The van der Waals surface area contributed by atoms with Crippen molar-refractivity contribution < 1.29 is 19.1 Å². The molecular formula is C20H13BrFN3O3S. The number of aryl methyl sites for hydroxylation is 1. The minimum absolute atomic E-state index is 0.0863. The van der Waals surface area contributed by atoms with Gasteiger partial charge in [-0.3, -0.25) is 14.5 Å². The lowest BCUT2D eigenvalue weighted by atomic mass is 9.95. The van der Waals surface area contributed by atoms with E-state index in [0.29, 0.717) is 10.6 Å². The molecule has 1 N–H and O–H groups in total. The van der Waals surface area contributed by atoms with Gasteiger partial charge in [0, 0.05) is 10.0 Å². The number of ketones is 1. The molecule has 2 heterocycles. The van der Waals surface area contributed by atoms with Crippen LogP contribution in [0.15, 0.2) is 58.6 Å². The molecule has 0 spiro atoms. The van der Waals surface area contributed by atoms with E-state index in [1.807, 2.05) is 0 Å². The molecule has 3 aromatic rings. The van der Waals surface area contributed by atoms with Crippen molar-refractivity contribution in [1.29, 1.82) is 0 Å². The number of benzene rings is 2. The number of carbonyl (C=O) groups excluding carboxylic acids is 2. The lowest BCUT2D eigenvalue weighted by molar-refractivity contribution is -0.132. The van der Waals surface area contributed by atoms with Crippen molar-refractivity contribution in [2.45, 2.75) is 13.0 Å². The van der Waals surface area contributed by atoms with Gasteiger partial charge in [0.2, 0.25) is 5.13 Å². The molecule has 146 valence electrons. The summed E-state index contributed by atoms with van der Waals surface area (Å²) >= 11 is 4.54. The van der Waals surface area contributed by atoms with Crippen LogP contribution in [0.1, 0.15) is 22.2 Å². The Balaban J connectivity index is 1.93. The maximum absolute atomic E-state index is 13.3. The van der Waals surface area contributed by atoms with Crippen LogP contribution in [0, 0.1) is 12.7 Å². The van der Waals surface area contributed by atoms with Gasteiger partial charge in [-0.25, -0.2) is 4.39 Å². The normalized spacial score (nSPS) is 18.4. The fourth-order valence-corrected chi connectivity index (χ4v) is 4.12. The van der Waals surface area contributed by atoms with Gasteiger partial charge < -0.3 is 5.11 Å². The summed E-state index contributed by atoms with van der Waals surface area (Å²) in [6.07, 6.45) is 0. The zero-order chi connectivity index (χ0) is 20.7. The molecule has 1 aliphatic heterocycles. The van der Waals surface area contributed by atoms with Gasteiger partial charge in [-0.15, -0.1) is 10.2 Å². The Kier molecular flexibility index (Phi) is 5.01. The second kappa shape index (κ2) is 7.49. The predicted octanol–water partition coefficient (Wildman–Crippen LogP) is 4.37. The summed E-state index contributed by atoms with van der Waals surface area (Å²) in [5, 5.41) is 19.7. The van der Waals surface area contributed by atoms with E-state index in [2.05, 4.69) is 26.1 Å². The summed E-state index contributed by atoms with van der Waals surface area (Å²) in [4.78, 5) is 27.0. The summed E-state index contributed by atoms with van der Waals surface area (Å²) in [6, 6.07) is 11.2. The molecule has 0 aliphatic carbocycles. The molecule has 1 fully saturated rings. The van der Waals surface area contributed by atoms with Crippen LogP contribution in [0.5, 0.6) is 0 Å². The molecule has 0 bridgehead atoms. The topological polar surface area (TPSA) is 83.4 Å². The zero-order valence-electron chi connectivity index (χ0n) is 15.0. The summed E-state index contributed by atoms with van der Waals surface area (Å²) in [5.41, 5.74) is 0.764. The monoisotopic (exact) mass is 473 g/mol. The van der Waals surface area contributed by atoms with E-state index >= 15 is 0 Å². The molecule has 0 radical (unpaired) electrons. The van der Waals surface area contributed by atoms with Gasteiger partial charge >= 0.3 is 5.91 Å². The Hall–Kier alpha value is -2.91. The molecule has 2 aromatic carbocycles. The number of nitrogens with zero attached hydrogens (tertiary/aromatic N) is 3. The quantitative estimate of drug-likeness (QED) is 0.346. The first-order valence-electron chi connectivity index (χ1n) is 8.49. The molecule has 9 heteroatoms. The first-order valence-corrected chi connectivity index (χ1v) is 10.1. The highest BCUT2D eigenvalue weighted by Gasteiger charge is 2.48. The number of aliphatic hydroxyl groups excluding tert-OH is 1. The number of hydrogen-bond acceptors (Lipinski definition) is 6. The summed E-state index contributed by atoms with van der Waals surface area (Å²) in [7, 11) is 0. The van der Waals surface area contributed by atoms with E-state index in [4.69, 9.17) is 0 Å². The molecule has 1 aromatic heterocycles. The Morgan fingerprint density at radius 2 is 1.76 bits per heavy atom. The molecule has 1 unspecified atom stereocenters. The van der Waals surface area contributed by atoms with Crippen molar-refractivity contribution in [2.24, 2.45) is 0 Å².